The van der Waals surface area contributed by atoms with Crippen LogP contribution in [0, 0.1) is 0 Å². The summed E-state index contributed by atoms with van der Waals surface area (Å²) in [4.78, 5) is 46.2. The molecule has 0 saturated heterocycles. The largest absolute Gasteiger partial charge is 0.456 e. The van der Waals surface area contributed by atoms with E-state index in [4.69, 9.17) is 4.74 Å². The average Bonchev–Trinajstić information content (AvgIpc) is 2.73. The Morgan fingerprint density at radius 1 is 0.906 bits per heavy atom. The quantitative estimate of drug-likeness (QED) is 0.442. The van der Waals surface area contributed by atoms with E-state index in [2.05, 4.69) is 15.4 Å². The Balaban J connectivity index is 1.70. The van der Waals surface area contributed by atoms with Crippen LogP contribution in [0.3, 0.4) is 0 Å². The summed E-state index contributed by atoms with van der Waals surface area (Å²) in [5, 5.41) is 4.63. The van der Waals surface area contributed by atoms with Crippen molar-refractivity contribution >= 4 is 39.4 Å². The van der Waals surface area contributed by atoms with Crippen molar-refractivity contribution < 1.29 is 32.3 Å². The van der Waals surface area contributed by atoms with Crippen LogP contribution in [0.2, 0.25) is 0 Å². The predicted molar refractivity (Wildman–Crippen MR) is 115 cm³/mol. The van der Waals surface area contributed by atoms with Gasteiger partial charge in [0.1, 0.15) is 0 Å². The highest BCUT2D eigenvalue weighted by molar-refractivity contribution is 7.89. The first kappa shape index (κ1) is 24.7. The van der Waals surface area contributed by atoms with E-state index in [1.165, 1.54) is 31.2 Å². The number of esters is 1. The number of carbonyl (C=O) groups excluding carboxylic acids is 4. The minimum Gasteiger partial charge on any atom is -0.456 e. The summed E-state index contributed by atoms with van der Waals surface area (Å²) < 4.78 is 31.5. The lowest BCUT2D eigenvalue weighted by atomic mass is 10.1. The van der Waals surface area contributed by atoms with Gasteiger partial charge >= 0.3 is 5.97 Å². The SMILES string of the molecule is CC(=O)Nc1ccc(S(=O)(=O)NCCC(=O)OCC(=O)NC(=O)Cc2ccccc2)cc1. The van der Waals surface area contributed by atoms with E-state index in [9.17, 15) is 27.6 Å². The van der Waals surface area contributed by atoms with Crippen LogP contribution in [0.25, 0.3) is 0 Å². The van der Waals surface area contributed by atoms with Gasteiger partial charge in [0, 0.05) is 19.2 Å². The molecule has 2 aromatic carbocycles. The van der Waals surface area contributed by atoms with Crippen molar-refractivity contribution in [2.24, 2.45) is 0 Å². The van der Waals surface area contributed by atoms with Crippen LogP contribution in [-0.4, -0.2) is 45.3 Å². The second-order valence-electron chi connectivity index (χ2n) is 6.65. The average molecular weight is 461 g/mol. The molecule has 170 valence electrons. The minimum atomic E-state index is -3.87. The van der Waals surface area contributed by atoms with Crippen molar-refractivity contribution in [3.63, 3.8) is 0 Å². The third kappa shape index (κ3) is 8.66. The zero-order chi connectivity index (χ0) is 23.6. The summed E-state index contributed by atoms with van der Waals surface area (Å²) in [7, 11) is -3.87. The summed E-state index contributed by atoms with van der Waals surface area (Å²) in [6, 6.07) is 14.3. The van der Waals surface area contributed by atoms with Crippen molar-refractivity contribution in [1.82, 2.24) is 10.0 Å². The third-order valence-corrected chi connectivity index (χ3v) is 5.43. The summed E-state index contributed by atoms with van der Waals surface area (Å²) in [6.45, 7) is 0.428. The molecular weight excluding hydrogens is 438 g/mol. The Morgan fingerprint density at radius 3 is 2.19 bits per heavy atom. The molecule has 0 aliphatic rings. The topological polar surface area (TPSA) is 148 Å². The maximum absolute atomic E-state index is 12.2. The van der Waals surface area contributed by atoms with Gasteiger partial charge in [-0.05, 0) is 29.8 Å². The first-order valence-electron chi connectivity index (χ1n) is 9.55. The maximum Gasteiger partial charge on any atom is 0.307 e. The van der Waals surface area contributed by atoms with Gasteiger partial charge in [-0.1, -0.05) is 30.3 Å². The monoisotopic (exact) mass is 461 g/mol. The molecule has 0 heterocycles. The predicted octanol–water partition coefficient (Wildman–Crippen LogP) is 0.742. The van der Waals surface area contributed by atoms with E-state index >= 15 is 0 Å². The molecule has 0 aliphatic carbocycles. The van der Waals surface area contributed by atoms with Crippen LogP contribution in [-0.2, 0) is 40.4 Å². The van der Waals surface area contributed by atoms with E-state index in [0.29, 0.717) is 5.69 Å². The summed E-state index contributed by atoms with van der Waals surface area (Å²) in [5.41, 5.74) is 1.17. The fourth-order valence-corrected chi connectivity index (χ4v) is 3.56. The number of rotatable bonds is 10. The van der Waals surface area contributed by atoms with Crippen LogP contribution >= 0.6 is 0 Å². The number of hydrogen-bond acceptors (Lipinski definition) is 7. The zero-order valence-electron chi connectivity index (χ0n) is 17.3. The van der Waals surface area contributed by atoms with Gasteiger partial charge in [-0.2, -0.15) is 0 Å². The molecule has 3 N–H and O–H groups in total. The Morgan fingerprint density at radius 2 is 1.56 bits per heavy atom. The fourth-order valence-electron chi connectivity index (χ4n) is 2.53. The van der Waals surface area contributed by atoms with Gasteiger partial charge in [0.15, 0.2) is 6.61 Å². The van der Waals surface area contributed by atoms with Crippen LogP contribution in [0.5, 0.6) is 0 Å². The second-order valence-corrected chi connectivity index (χ2v) is 8.41. The van der Waals surface area contributed by atoms with Gasteiger partial charge in [0.05, 0.1) is 17.7 Å². The molecule has 0 aromatic heterocycles. The molecule has 2 aromatic rings. The normalized spacial score (nSPS) is 10.8. The van der Waals surface area contributed by atoms with E-state index < -0.39 is 34.4 Å². The standard InChI is InChI=1S/C21H23N3O7S/c1-15(25)23-17-7-9-18(10-8-17)32(29,30)22-12-11-21(28)31-14-20(27)24-19(26)13-16-5-3-2-4-6-16/h2-10,22H,11-14H2,1H3,(H,23,25)(H,24,26,27). The number of carbonyl (C=O) groups is 4. The number of benzene rings is 2. The van der Waals surface area contributed by atoms with Crippen LogP contribution in [0.15, 0.2) is 59.5 Å². The molecule has 0 aliphatic heterocycles. The molecular formula is C21H23N3O7S. The highest BCUT2D eigenvalue weighted by Gasteiger charge is 2.16. The molecule has 0 unspecified atom stereocenters. The highest BCUT2D eigenvalue weighted by Crippen LogP contribution is 2.13. The third-order valence-electron chi connectivity index (χ3n) is 3.96. The van der Waals surface area contributed by atoms with Crippen molar-refractivity contribution in [3.05, 3.63) is 60.2 Å². The molecule has 2 rings (SSSR count). The number of hydrogen-bond donors (Lipinski definition) is 3. The van der Waals surface area contributed by atoms with Crippen molar-refractivity contribution in [2.75, 3.05) is 18.5 Å². The Bertz CT molecular complexity index is 1070. The highest BCUT2D eigenvalue weighted by atomic mass is 32.2. The molecule has 3 amide bonds. The lowest BCUT2D eigenvalue weighted by Gasteiger charge is -2.08. The first-order chi connectivity index (χ1) is 15.2. The molecule has 0 bridgehead atoms. The molecule has 32 heavy (non-hydrogen) atoms. The fraction of sp³-hybridized carbons (Fsp3) is 0.238. The van der Waals surface area contributed by atoms with Gasteiger partial charge in [-0.25, -0.2) is 13.1 Å². The van der Waals surface area contributed by atoms with E-state index in [1.807, 2.05) is 0 Å². The summed E-state index contributed by atoms with van der Waals surface area (Å²) in [5.74, 6) is -2.40. The zero-order valence-corrected chi connectivity index (χ0v) is 18.1. The number of ether oxygens (including phenoxy) is 1. The smallest absolute Gasteiger partial charge is 0.307 e. The summed E-state index contributed by atoms with van der Waals surface area (Å²) in [6.07, 6.45) is -0.303. The van der Waals surface area contributed by atoms with Crippen LogP contribution < -0.4 is 15.4 Å². The summed E-state index contributed by atoms with van der Waals surface area (Å²) >= 11 is 0. The number of imide groups is 1. The molecule has 0 atom stereocenters. The Kier molecular flexibility index (Phi) is 9.05. The van der Waals surface area contributed by atoms with Gasteiger partial charge in [0.25, 0.3) is 5.91 Å². The molecule has 11 heteroatoms. The lowest BCUT2D eigenvalue weighted by Crippen LogP contribution is -2.35. The van der Waals surface area contributed by atoms with Crippen molar-refractivity contribution in [3.8, 4) is 0 Å². The molecule has 0 saturated carbocycles. The van der Waals surface area contributed by atoms with Crippen LogP contribution in [0.1, 0.15) is 18.9 Å². The lowest BCUT2D eigenvalue weighted by molar-refractivity contribution is -0.149. The van der Waals surface area contributed by atoms with Gasteiger partial charge in [-0.15, -0.1) is 0 Å². The first-order valence-corrected chi connectivity index (χ1v) is 11.0. The van der Waals surface area contributed by atoms with E-state index in [1.54, 1.807) is 30.3 Å². The van der Waals surface area contributed by atoms with E-state index in [-0.39, 0.29) is 30.2 Å². The van der Waals surface area contributed by atoms with Crippen LogP contribution in [0.4, 0.5) is 5.69 Å². The number of amides is 3. The Hall–Kier alpha value is -3.57. The molecule has 0 spiro atoms. The number of anilines is 1. The molecule has 10 nitrogen and oxygen atoms in total. The van der Waals surface area contributed by atoms with Crippen molar-refractivity contribution in [1.29, 1.82) is 0 Å². The maximum atomic E-state index is 12.2. The van der Waals surface area contributed by atoms with E-state index in [0.717, 1.165) is 5.56 Å². The van der Waals surface area contributed by atoms with Gasteiger partial charge in [-0.3, -0.25) is 24.5 Å². The number of sulfonamides is 1. The van der Waals surface area contributed by atoms with Gasteiger partial charge in [0.2, 0.25) is 21.8 Å². The Labute approximate surface area is 185 Å². The number of nitrogens with one attached hydrogen (secondary N) is 3. The minimum absolute atomic E-state index is 0.00804. The van der Waals surface area contributed by atoms with Crippen molar-refractivity contribution in [2.45, 2.75) is 24.7 Å². The van der Waals surface area contributed by atoms with Gasteiger partial charge < -0.3 is 10.1 Å². The second kappa shape index (κ2) is 11.7. The molecule has 0 fully saturated rings. The molecule has 0 radical (unpaired) electrons.